The summed E-state index contributed by atoms with van der Waals surface area (Å²) in [4.78, 5) is 35.9. The molecule has 1 aliphatic heterocycles. The Balaban J connectivity index is 2.50. The zero-order valence-electron chi connectivity index (χ0n) is 12.1. The largest absolute Gasteiger partial charge is 0.481 e. The number of carboxylic acids is 1. The molecule has 1 saturated heterocycles. The molecular weight excluding hydrogens is 262 g/mol. The number of piperidine rings is 1. The summed E-state index contributed by atoms with van der Waals surface area (Å²) in [5.74, 6) is -1.04. The SMILES string of the molecule is CCCC1(C(=O)O)CCN(C(=O)NCC(=O)NC)CC1. The van der Waals surface area contributed by atoms with Gasteiger partial charge in [0, 0.05) is 20.1 Å². The molecule has 0 aliphatic carbocycles. The predicted molar refractivity (Wildman–Crippen MR) is 73.2 cm³/mol. The number of likely N-dealkylation sites (N-methyl/N-ethyl adjacent to an activating group) is 1. The van der Waals surface area contributed by atoms with Crippen molar-refractivity contribution in [1.29, 1.82) is 0 Å². The summed E-state index contributed by atoms with van der Waals surface area (Å²) < 4.78 is 0. The number of urea groups is 1. The maximum atomic E-state index is 11.8. The van der Waals surface area contributed by atoms with Crippen molar-refractivity contribution in [2.75, 3.05) is 26.7 Å². The quantitative estimate of drug-likeness (QED) is 0.681. The first-order valence-electron chi connectivity index (χ1n) is 6.92. The standard InChI is InChI=1S/C13H23N3O4/c1-3-4-13(11(18)19)5-7-16(8-6-13)12(20)15-9-10(17)14-2/h3-9H2,1-2H3,(H,14,17)(H,15,20)(H,18,19). The molecule has 7 nitrogen and oxygen atoms in total. The molecule has 0 radical (unpaired) electrons. The van der Waals surface area contributed by atoms with E-state index in [9.17, 15) is 19.5 Å². The van der Waals surface area contributed by atoms with Crippen molar-refractivity contribution in [2.45, 2.75) is 32.6 Å². The van der Waals surface area contributed by atoms with Crippen molar-refractivity contribution in [2.24, 2.45) is 5.41 Å². The highest BCUT2D eigenvalue weighted by atomic mass is 16.4. The van der Waals surface area contributed by atoms with E-state index in [1.807, 2.05) is 6.92 Å². The third kappa shape index (κ3) is 3.85. The molecule has 3 amide bonds. The molecule has 0 aromatic carbocycles. The fraction of sp³-hybridized carbons (Fsp3) is 0.769. The van der Waals surface area contributed by atoms with Gasteiger partial charge in [0.25, 0.3) is 0 Å². The minimum absolute atomic E-state index is 0.0646. The molecule has 1 heterocycles. The Kier molecular flexibility index (Phi) is 5.79. The lowest BCUT2D eigenvalue weighted by Gasteiger charge is -2.38. The van der Waals surface area contributed by atoms with Crippen LogP contribution in [0.2, 0.25) is 0 Å². The van der Waals surface area contributed by atoms with Gasteiger partial charge in [0.15, 0.2) is 0 Å². The fourth-order valence-electron chi connectivity index (χ4n) is 2.54. The van der Waals surface area contributed by atoms with E-state index in [0.29, 0.717) is 32.4 Å². The van der Waals surface area contributed by atoms with E-state index in [-0.39, 0.29) is 18.5 Å². The van der Waals surface area contributed by atoms with Crippen LogP contribution in [0.3, 0.4) is 0 Å². The van der Waals surface area contributed by atoms with E-state index in [0.717, 1.165) is 6.42 Å². The van der Waals surface area contributed by atoms with Crippen LogP contribution in [-0.2, 0) is 9.59 Å². The number of carbonyl (C=O) groups is 3. The van der Waals surface area contributed by atoms with Crippen LogP contribution in [0.15, 0.2) is 0 Å². The van der Waals surface area contributed by atoms with Crippen LogP contribution in [0.1, 0.15) is 32.6 Å². The monoisotopic (exact) mass is 285 g/mol. The third-order valence-electron chi connectivity index (χ3n) is 3.87. The molecule has 7 heteroatoms. The Hall–Kier alpha value is -1.79. The number of carboxylic acid groups (broad SMARTS) is 1. The number of nitrogens with one attached hydrogen (secondary N) is 2. The zero-order chi connectivity index (χ0) is 15.2. The Bertz CT molecular complexity index is 376. The molecule has 3 N–H and O–H groups in total. The summed E-state index contributed by atoms with van der Waals surface area (Å²) in [6.45, 7) is 2.72. The third-order valence-corrected chi connectivity index (χ3v) is 3.87. The van der Waals surface area contributed by atoms with Crippen molar-refractivity contribution >= 4 is 17.9 Å². The van der Waals surface area contributed by atoms with Gasteiger partial charge in [-0.1, -0.05) is 13.3 Å². The number of carbonyl (C=O) groups excluding carboxylic acids is 2. The Morgan fingerprint density at radius 1 is 1.25 bits per heavy atom. The number of likely N-dealkylation sites (tertiary alicyclic amines) is 1. The average Bonchev–Trinajstić information content (AvgIpc) is 2.45. The van der Waals surface area contributed by atoms with E-state index < -0.39 is 11.4 Å². The smallest absolute Gasteiger partial charge is 0.317 e. The first-order valence-corrected chi connectivity index (χ1v) is 6.92. The molecule has 0 atom stereocenters. The molecule has 0 saturated carbocycles. The highest BCUT2D eigenvalue weighted by Crippen LogP contribution is 2.36. The summed E-state index contributed by atoms with van der Waals surface area (Å²) in [7, 11) is 1.50. The number of hydrogen-bond acceptors (Lipinski definition) is 3. The lowest BCUT2D eigenvalue weighted by Crippen LogP contribution is -2.50. The molecule has 1 aliphatic rings. The predicted octanol–water partition coefficient (Wildman–Crippen LogP) is 0.409. The van der Waals surface area contributed by atoms with E-state index in [1.54, 1.807) is 4.90 Å². The molecule has 0 aromatic rings. The van der Waals surface area contributed by atoms with Crippen LogP contribution in [0.5, 0.6) is 0 Å². The second-order valence-electron chi connectivity index (χ2n) is 5.15. The maximum Gasteiger partial charge on any atom is 0.317 e. The van der Waals surface area contributed by atoms with Crippen molar-refractivity contribution in [3.8, 4) is 0 Å². The average molecular weight is 285 g/mol. The van der Waals surface area contributed by atoms with Crippen LogP contribution in [0.25, 0.3) is 0 Å². The molecule has 0 spiro atoms. The molecular formula is C13H23N3O4. The summed E-state index contributed by atoms with van der Waals surface area (Å²) >= 11 is 0. The number of aliphatic carboxylic acids is 1. The van der Waals surface area contributed by atoms with Crippen molar-refractivity contribution in [1.82, 2.24) is 15.5 Å². The van der Waals surface area contributed by atoms with Gasteiger partial charge < -0.3 is 20.6 Å². The molecule has 0 bridgehead atoms. The minimum Gasteiger partial charge on any atom is -0.481 e. The van der Waals surface area contributed by atoms with Gasteiger partial charge in [-0.2, -0.15) is 0 Å². The molecule has 20 heavy (non-hydrogen) atoms. The van der Waals surface area contributed by atoms with Crippen molar-refractivity contribution in [3.63, 3.8) is 0 Å². The van der Waals surface area contributed by atoms with Crippen LogP contribution in [0, 0.1) is 5.41 Å². The van der Waals surface area contributed by atoms with Crippen LogP contribution < -0.4 is 10.6 Å². The van der Waals surface area contributed by atoms with Crippen molar-refractivity contribution < 1.29 is 19.5 Å². The van der Waals surface area contributed by atoms with E-state index in [2.05, 4.69) is 10.6 Å². The second-order valence-corrected chi connectivity index (χ2v) is 5.15. The molecule has 0 unspecified atom stereocenters. The van der Waals surface area contributed by atoms with E-state index >= 15 is 0 Å². The van der Waals surface area contributed by atoms with Gasteiger partial charge in [0.2, 0.25) is 5.91 Å². The van der Waals surface area contributed by atoms with Gasteiger partial charge in [0.1, 0.15) is 0 Å². The second kappa shape index (κ2) is 7.12. The number of hydrogen-bond donors (Lipinski definition) is 3. The van der Waals surface area contributed by atoms with E-state index in [1.165, 1.54) is 7.05 Å². The first kappa shape index (κ1) is 16.3. The number of nitrogens with zero attached hydrogens (tertiary/aromatic N) is 1. The van der Waals surface area contributed by atoms with Crippen LogP contribution >= 0.6 is 0 Å². The van der Waals surface area contributed by atoms with Crippen molar-refractivity contribution in [3.05, 3.63) is 0 Å². The number of rotatable bonds is 5. The van der Waals surface area contributed by atoms with Gasteiger partial charge in [-0.05, 0) is 19.3 Å². The topological polar surface area (TPSA) is 98.7 Å². The normalized spacial score (nSPS) is 17.4. The Morgan fingerprint density at radius 2 is 1.85 bits per heavy atom. The van der Waals surface area contributed by atoms with Crippen LogP contribution in [-0.4, -0.2) is 54.6 Å². The van der Waals surface area contributed by atoms with Gasteiger partial charge in [-0.25, -0.2) is 4.79 Å². The Morgan fingerprint density at radius 3 is 2.30 bits per heavy atom. The Labute approximate surface area is 118 Å². The summed E-state index contributed by atoms with van der Waals surface area (Å²) in [5, 5.41) is 14.3. The fourth-order valence-corrected chi connectivity index (χ4v) is 2.54. The number of amides is 3. The lowest BCUT2D eigenvalue weighted by atomic mass is 9.75. The molecule has 114 valence electrons. The van der Waals surface area contributed by atoms with E-state index in [4.69, 9.17) is 0 Å². The first-order chi connectivity index (χ1) is 9.45. The minimum atomic E-state index is -0.773. The summed E-state index contributed by atoms with van der Waals surface area (Å²) in [6, 6.07) is -0.316. The van der Waals surface area contributed by atoms with Gasteiger partial charge in [-0.3, -0.25) is 9.59 Å². The highest BCUT2D eigenvalue weighted by Gasteiger charge is 2.41. The molecule has 1 rings (SSSR count). The van der Waals surface area contributed by atoms with Gasteiger partial charge in [0.05, 0.1) is 12.0 Å². The summed E-state index contributed by atoms with van der Waals surface area (Å²) in [5.41, 5.74) is -0.702. The zero-order valence-corrected chi connectivity index (χ0v) is 12.1. The van der Waals surface area contributed by atoms with Gasteiger partial charge >= 0.3 is 12.0 Å². The highest BCUT2D eigenvalue weighted by molar-refractivity contribution is 5.84. The molecule has 0 aromatic heterocycles. The lowest BCUT2D eigenvalue weighted by molar-refractivity contribution is -0.152. The van der Waals surface area contributed by atoms with Gasteiger partial charge in [-0.15, -0.1) is 0 Å². The maximum absolute atomic E-state index is 11.8. The summed E-state index contributed by atoms with van der Waals surface area (Å²) in [6.07, 6.45) is 2.37. The molecule has 1 fully saturated rings. The van der Waals surface area contributed by atoms with Crippen LogP contribution in [0.4, 0.5) is 4.79 Å².